The molecule has 1 atom stereocenters. The lowest BCUT2D eigenvalue weighted by atomic mass is 10.0. The largest absolute Gasteiger partial charge is 0.378 e. The Morgan fingerprint density at radius 1 is 1.15 bits per heavy atom. The Kier molecular flexibility index (Phi) is 7.92. The molecule has 1 aromatic carbocycles. The average Bonchev–Trinajstić information content (AvgIpc) is 2.70. The first-order valence-corrected chi connectivity index (χ1v) is 10.2. The maximum Gasteiger partial charge on any atom is 0.237 e. The summed E-state index contributed by atoms with van der Waals surface area (Å²) in [5, 5.41) is 6.32. The van der Waals surface area contributed by atoms with Crippen molar-refractivity contribution in [3.8, 4) is 0 Å². The van der Waals surface area contributed by atoms with E-state index in [-0.39, 0.29) is 11.9 Å². The molecule has 0 radical (unpaired) electrons. The third-order valence-corrected chi connectivity index (χ3v) is 5.38. The predicted molar refractivity (Wildman–Crippen MR) is 104 cm³/mol. The summed E-state index contributed by atoms with van der Waals surface area (Å²) >= 11 is 0. The molecule has 2 aliphatic rings. The smallest absolute Gasteiger partial charge is 0.237 e. The van der Waals surface area contributed by atoms with Crippen LogP contribution in [0.4, 0.5) is 0 Å². The first-order valence-electron chi connectivity index (χ1n) is 10.2. The quantitative estimate of drug-likeness (QED) is 0.700. The van der Waals surface area contributed by atoms with Crippen molar-refractivity contribution < 1.29 is 9.53 Å². The molecule has 0 bridgehead atoms. The van der Waals surface area contributed by atoms with Gasteiger partial charge in [-0.1, -0.05) is 36.8 Å². The van der Waals surface area contributed by atoms with Gasteiger partial charge in [-0.2, -0.15) is 0 Å². The summed E-state index contributed by atoms with van der Waals surface area (Å²) in [7, 11) is 0. The minimum atomic E-state index is 0.0126. The fourth-order valence-electron chi connectivity index (χ4n) is 3.81. The molecule has 2 saturated heterocycles. The third-order valence-electron chi connectivity index (χ3n) is 5.38. The second kappa shape index (κ2) is 10.7. The van der Waals surface area contributed by atoms with Gasteiger partial charge in [0, 0.05) is 32.8 Å². The van der Waals surface area contributed by atoms with Gasteiger partial charge >= 0.3 is 0 Å². The van der Waals surface area contributed by atoms with Crippen LogP contribution in [0, 0.1) is 0 Å². The van der Waals surface area contributed by atoms with Crippen LogP contribution in [0.5, 0.6) is 0 Å². The van der Waals surface area contributed by atoms with E-state index in [9.17, 15) is 4.79 Å². The molecule has 0 aliphatic carbocycles. The van der Waals surface area contributed by atoms with E-state index in [1.54, 1.807) is 0 Å². The van der Waals surface area contributed by atoms with Crippen LogP contribution in [0.2, 0.25) is 0 Å². The van der Waals surface area contributed by atoms with Crippen LogP contribution in [0.3, 0.4) is 0 Å². The average molecular weight is 360 g/mol. The van der Waals surface area contributed by atoms with Gasteiger partial charge in [-0.15, -0.1) is 0 Å². The Hall–Kier alpha value is -1.43. The van der Waals surface area contributed by atoms with Gasteiger partial charge in [-0.05, 0) is 44.2 Å². The summed E-state index contributed by atoms with van der Waals surface area (Å²) < 4.78 is 6.02. The van der Waals surface area contributed by atoms with Crippen molar-refractivity contribution in [3.63, 3.8) is 0 Å². The van der Waals surface area contributed by atoms with Crippen LogP contribution < -0.4 is 10.6 Å². The molecule has 0 aromatic heterocycles. The fourth-order valence-corrected chi connectivity index (χ4v) is 3.81. The molecule has 0 spiro atoms. The molecular formula is C21H33N3O2. The van der Waals surface area contributed by atoms with Gasteiger partial charge in [0.2, 0.25) is 5.91 Å². The van der Waals surface area contributed by atoms with E-state index in [0.29, 0.717) is 12.6 Å². The molecule has 0 saturated carbocycles. The second-order valence-corrected chi connectivity index (χ2v) is 7.48. The number of nitrogens with one attached hydrogen (secondary N) is 2. The minimum absolute atomic E-state index is 0.0126. The minimum Gasteiger partial charge on any atom is -0.378 e. The summed E-state index contributed by atoms with van der Waals surface area (Å²) in [5.74, 6) is 0.152. The second-order valence-electron chi connectivity index (χ2n) is 7.48. The summed E-state index contributed by atoms with van der Waals surface area (Å²) in [6.45, 7) is 5.65. The highest BCUT2D eigenvalue weighted by Gasteiger charge is 2.21. The van der Waals surface area contributed by atoms with E-state index in [0.717, 1.165) is 64.9 Å². The number of piperidine rings is 2. The molecule has 5 nitrogen and oxygen atoms in total. The number of hydrogen-bond acceptors (Lipinski definition) is 4. The van der Waals surface area contributed by atoms with Crippen molar-refractivity contribution in [2.75, 3.05) is 32.8 Å². The molecule has 5 heteroatoms. The van der Waals surface area contributed by atoms with Crippen LogP contribution in [0.1, 0.15) is 44.1 Å². The molecular weight excluding hydrogens is 326 g/mol. The number of ether oxygens (including phenoxy) is 1. The predicted octanol–water partition coefficient (Wildman–Crippen LogP) is 2.32. The van der Waals surface area contributed by atoms with Gasteiger partial charge in [-0.25, -0.2) is 0 Å². The Bertz CT molecular complexity index is 523. The van der Waals surface area contributed by atoms with Crippen molar-refractivity contribution >= 4 is 5.91 Å². The van der Waals surface area contributed by atoms with Gasteiger partial charge in [0.1, 0.15) is 0 Å². The van der Waals surface area contributed by atoms with E-state index in [2.05, 4.69) is 45.9 Å². The van der Waals surface area contributed by atoms with Gasteiger partial charge in [0.25, 0.3) is 0 Å². The Balaban J connectivity index is 1.22. The van der Waals surface area contributed by atoms with E-state index in [1.807, 2.05) is 0 Å². The summed E-state index contributed by atoms with van der Waals surface area (Å²) in [5.41, 5.74) is 1.38. The zero-order valence-corrected chi connectivity index (χ0v) is 15.8. The standard InChI is InChI=1S/C21H33N3O2/c25-21(20-9-4-5-12-22-20)23-13-6-16-26-19-10-14-24(15-11-19)17-18-7-2-1-3-8-18/h1-3,7-8,19-20,22H,4-6,9-17H2,(H,23,25)/t20-/m1/s1. The monoisotopic (exact) mass is 359 g/mol. The molecule has 2 aliphatic heterocycles. The number of benzene rings is 1. The van der Waals surface area contributed by atoms with Gasteiger partial charge in [0.05, 0.1) is 12.1 Å². The highest BCUT2D eigenvalue weighted by atomic mass is 16.5. The molecule has 26 heavy (non-hydrogen) atoms. The fraction of sp³-hybridized carbons (Fsp3) is 0.667. The lowest BCUT2D eigenvalue weighted by Crippen LogP contribution is -2.46. The number of carbonyl (C=O) groups is 1. The lowest BCUT2D eigenvalue weighted by Gasteiger charge is -2.32. The Labute approximate surface area is 157 Å². The van der Waals surface area contributed by atoms with E-state index < -0.39 is 0 Å². The third kappa shape index (κ3) is 6.38. The van der Waals surface area contributed by atoms with Gasteiger partial charge in [-0.3, -0.25) is 9.69 Å². The zero-order valence-electron chi connectivity index (χ0n) is 15.8. The highest BCUT2D eigenvalue weighted by molar-refractivity contribution is 5.81. The SMILES string of the molecule is O=C(NCCCOC1CCN(Cc2ccccc2)CC1)[C@H]1CCCCN1. The van der Waals surface area contributed by atoms with Gasteiger partial charge < -0.3 is 15.4 Å². The van der Waals surface area contributed by atoms with E-state index in [1.165, 1.54) is 12.0 Å². The topological polar surface area (TPSA) is 53.6 Å². The molecule has 2 N–H and O–H groups in total. The Morgan fingerprint density at radius 2 is 1.96 bits per heavy atom. The van der Waals surface area contributed by atoms with Crippen LogP contribution in [-0.2, 0) is 16.1 Å². The van der Waals surface area contributed by atoms with Crippen molar-refractivity contribution in [1.82, 2.24) is 15.5 Å². The van der Waals surface area contributed by atoms with Crippen LogP contribution >= 0.6 is 0 Å². The first kappa shape index (κ1) is 19.3. The van der Waals surface area contributed by atoms with Crippen molar-refractivity contribution in [2.24, 2.45) is 0 Å². The molecule has 0 unspecified atom stereocenters. The van der Waals surface area contributed by atoms with Crippen molar-refractivity contribution in [3.05, 3.63) is 35.9 Å². The number of hydrogen-bond donors (Lipinski definition) is 2. The summed E-state index contributed by atoms with van der Waals surface area (Å²) in [4.78, 5) is 14.5. The first-order chi connectivity index (χ1) is 12.8. The number of nitrogens with zero attached hydrogens (tertiary/aromatic N) is 1. The normalized spacial score (nSPS) is 22.2. The zero-order chi connectivity index (χ0) is 18.0. The molecule has 2 fully saturated rings. The number of rotatable bonds is 8. The maximum absolute atomic E-state index is 12.0. The number of carbonyl (C=O) groups excluding carboxylic acids is 1. The molecule has 3 rings (SSSR count). The van der Waals surface area contributed by atoms with Crippen LogP contribution in [0.15, 0.2) is 30.3 Å². The summed E-state index contributed by atoms with van der Waals surface area (Å²) in [6, 6.07) is 10.7. The van der Waals surface area contributed by atoms with Gasteiger partial charge in [0.15, 0.2) is 0 Å². The molecule has 1 aromatic rings. The number of likely N-dealkylation sites (tertiary alicyclic amines) is 1. The molecule has 144 valence electrons. The van der Waals surface area contributed by atoms with Crippen molar-refractivity contribution in [2.45, 2.75) is 57.2 Å². The van der Waals surface area contributed by atoms with Crippen LogP contribution in [-0.4, -0.2) is 55.7 Å². The Morgan fingerprint density at radius 3 is 2.69 bits per heavy atom. The molecule has 2 heterocycles. The number of amides is 1. The van der Waals surface area contributed by atoms with Crippen LogP contribution in [0.25, 0.3) is 0 Å². The lowest BCUT2D eigenvalue weighted by molar-refractivity contribution is -0.123. The van der Waals surface area contributed by atoms with E-state index >= 15 is 0 Å². The highest BCUT2D eigenvalue weighted by Crippen LogP contribution is 2.16. The summed E-state index contributed by atoms with van der Waals surface area (Å²) in [6.07, 6.45) is 6.76. The maximum atomic E-state index is 12.0. The van der Waals surface area contributed by atoms with Crippen molar-refractivity contribution in [1.29, 1.82) is 0 Å². The molecule has 1 amide bonds. The van der Waals surface area contributed by atoms with E-state index in [4.69, 9.17) is 4.74 Å².